The number of benzene rings is 4. The average Bonchev–Trinajstić information content (AvgIpc) is 3.02. The van der Waals surface area contributed by atoms with Crippen LogP contribution in [0.25, 0.3) is 0 Å². The van der Waals surface area contributed by atoms with Crippen molar-refractivity contribution in [3.8, 4) is 23.0 Å². The summed E-state index contributed by atoms with van der Waals surface area (Å²) in [6.45, 7) is 12.0. The molecule has 8 heteroatoms. The summed E-state index contributed by atoms with van der Waals surface area (Å²) in [4.78, 5) is 23.6. The second-order valence-corrected chi connectivity index (χ2v) is 15.0. The quantitative estimate of drug-likeness (QED) is 0.170. The van der Waals surface area contributed by atoms with Gasteiger partial charge in [0.05, 0.1) is 14.2 Å². The van der Waals surface area contributed by atoms with Crippen molar-refractivity contribution >= 4 is 11.9 Å². The van der Waals surface area contributed by atoms with Gasteiger partial charge in [0.15, 0.2) is 13.2 Å². The molecule has 0 saturated heterocycles. The van der Waals surface area contributed by atoms with Crippen LogP contribution in [0.15, 0.2) is 60.7 Å². The van der Waals surface area contributed by atoms with Gasteiger partial charge in [0.25, 0.3) is 0 Å². The minimum Gasteiger partial charge on any atom is -0.496 e. The van der Waals surface area contributed by atoms with Gasteiger partial charge in [0.1, 0.15) is 23.0 Å². The van der Waals surface area contributed by atoms with Crippen LogP contribution in [0.1, 0.15) is 97.2 Å². The minimum atomic E-state index is -1.06. The van der Waals surface area contributed by atoms with Gasteiger partial charge in [-0.2, -0.15) is 0 Å². The molecule has 8 nitrogen and oxygen atoms in total. The Kier molecular flexibility index (Phi) is 10.5. The zero-order valence-electron chi connectivity index (χ0n) is 30.4. The molecule has 0 aliphatic heterocycles. The number of aliphatic carboxylic acids is 2. The lowest BCUT2D eigenvalue weighted by molar-refractivity contribution is -0.140. The van der Waals surface area contributed by atoms with E-state index in [1.165, 1.54) is 0 Å². The van der Waals surface area contributed by atoms with Gasteiger partial charge in [-0.1, -0.05) is 102 Å². The van der Waals surface area contributed by atoms with Crippen molar-refractivity contribution in [2.45, 2.75) is 78.1 Å². The number of carboxylic acid groups (broad SMARTS) is 2. The normalized spacial score (nSPS) is 13.0. The first-order chi connectivity index (χ1) is 23.6. The third-order valence-corrected chi connectivity index (χ3v) is 9.19. The Morgan fingerprint density at radius 1 is 0.520 bits per heavy atom. The van der Waals surface area contributed by atoms with Gasteiger partial charge < -0.3 is 29.2 Å². The second kappa shape index (κ2) is 14.5. The Bertz CT molecular complexity index is 1680. The summed E-state index contributed by atoms with van der Waals surface area (Å²) in [5, 5.41) is 19.3. The fourth-order valence-electron chi connectivity index (χ4n) is 6.72. The molecule has 0 spiro atoms. The summed E-state index contributed by atoms with van der Waals surface area (Å²) in [5.41, 5.74) is 8.88. The molecule has 4 aromatic carbocycles. The van der Waals surface area contributed by atoms with Crippen molar-refractivity contribution in [1.29, 1.82) is 0 Å². The van der Waals surface area contributed by atoms with E-state index in [4.69, 9.17) is 18.9 Å². The van der Waals surface area contributed by atoms with Crippen molar-refractivity contribution < 1.29 is 38.7 Å². The van der Waals surface area contributed by atoms with Gasteiger partial charge in [-0.25, -0.2) is 9.59 Å². The second-order valence-electron chi connectivity index (χ2n) is 15.0. The van der Waals surface area contributed by atoms with Crippen LogP contribution in [0.3, 0.4) is 0 Å². The number of para-hydroxylation sites is 2. The molecule has 0 unspecified atom stereocenters. The zero-order chi connectivity index (χ0) is 36.4. The molecule has 2 N–H and O–H groups in total. The monoisotopic (exact) mass is 680 g/mol. The highest BCUT2D eigenvalue weighted by atomic mass is 16.5. The van der Waals surface area contributed by atoms with Crippen molar-refractivity contribution in [2.24, 2.45) is 0 Å². The molecule has 4 aromatic rings. The highest BCUT2D eigenvalue weighted by molar-refractivity contribution is 5.69. The molecule has 0 amide bonds. The molecule has 0 saturated carbocycles. The largest absolute Gasteiger partial charge is 0.496 e. The third kappa shape index (κ3) is 8.07. The Morgan fingerprint density at radius 3 is 1.02 bits per heavy atom. The molecule has 0 aromatic heterocycles. The lowest BCUT2D eigenvalue weighted by atomic mass is 9.81. The standard InChI is InChI=1S/C42H48O8/c1-41(2,3)33-19-29-15-25-11-9-13-27(39(25)49-23-35(43)44)17-31-21-34(42(4,5)6)22-32(38(31)48-8)18-28-14-10-12-26(40(28)50-24-36(45)46)16-30(20-33)37(29)47-7/h9-14,19-22H,15-18,23-24H2,1-8H3,(H,43,44)(H,45,46). The number of fused-ring (bicyclic) bond motifs is 8. The summed E-state index contributed by atoms with van der Waals surface area (Å²) in [6, 6.07) is 20.5. The van der Waals surface area contributed by atoms with E-state index in [1.807, 2.05) is 36.4 Å². The highest BCUT2D eigenvalue weighted by Crippen LogP contribution is 2.41. The Balaban J connectivity index is 1.86. The predicted octanol–water partition coefficient (Wildman–Crippen LogP) is 7.90. The van der Waals surface area contributed by atoms with E-state index in [1.54, 1.807) is 14.2 Å². The Hall–Kier alpha value is -4.98. The fraction of sp³-hybridized carbons (Fsp3) is 0.381. The minimum absolute atomic E-state index is 0.199. The highest BCUT2D eigenvalue weighted by Gasteiger charge is 2.26. The molecule has 0 atom stereocenters. The molecule has 0 radical (unpaired) electrons. The number of ether oxygens (including phenoxy) is 4. The topological polar surface area (TPSA) is 112 Å². The lowest BCUT2D eigenvalue weighted by Crippen LogP contribution is -2.16. The van der Waals surface area contributed by atoms with Crippen molar-refractivity contribution in [3.05, 3.63) is 116 Å². The molecule has 5 rings (SSSR count). The van der Waals surface area contributed by atoms with Crippen LogP contribution >= 0.6 is 0 Å². The van der Waals surface area contributed by atoms with Gasteiger partial charge in [-0.05, 0) is 66.5 Å². The molecule has 264 valence electrons. The van der Waals surface area contributed by atoms with E-state index >= 15 is 0 Å². The smallest absolute Gasteiger partial charge is 0.341 e. The molecule has 8 bridgehead atoms. The molecule has 50 heavy (non-hydrogen) atoms. The third-order valence-electron chi connectivity index (χ3n) is 9.19. The summed E-state index contributed by atoms with van der Waals surface area (Å²) in [5.74, 6) is 0.363. The SMILES string of the molecule is COc1c2cc(C(C)(C)C)cc1Cc1cccc(c1OCC(=O)O)Cc1cc(C(C)(C)C)cc(c1OC)Cc1cccc(c1OCC(=O)O)C2. The van der Waals surface area contributed by atoms with Gasteiger partial charge in [0, 0.05) is 25.7 Å². The van der Waals surface area contributed by atoms with Crippen molar-refractivity contribution in [1.82, 2.24) is 0 Å². The summed E-state index contributed by atoms with van der Waals surface area (Å²) >= 11 is 0. The first kappa shape index (κ1) is 36.3. The Morgan fingerprint density at radius 2 is 0.800 bits per heavy atom. The van der Waals surface area contributed by atoms with Gasteiger partial charge >= 0.3 is 11.9 Å². The van der Waals surface area contributed by atoms with Crippen LogP contribution in [0.2, 0.25) is 0 Å². The molecular weight excluding hydrogens is 632 g/mol. The van der Waals surface area contributed by atoms with Crippen LogP contribution in [0.5, 0.6) is 23.0 Å². The van der Waals surface area contributed by atoms with Gasteiger partial charge in [-0.3, -0.25) is 0 Å². The molecule has 0 heterocycles. The molecule has 1 aliphatic carbocycles. The number of carbonyl (C=O) groups is 2. The first-order valence-corrected chi connectivity index (χ1v) is 16.9. The lowest BCUT2D eigenvalue weighted by Gasteiger charge is -2.26. The van der Waals surface area contributed by atoms with E-state index in [-0.39, 0.29) is 10.8 Å². The van der Waals surface area contributed by atoms with Crippen LogP contribution in [-0.4, -0.2) is 49.6 Å². The number of hydrogen-bond donors (Lipinski definition) is 2. The van der Waals surface area contributed by atoms with Crippen LogP contribution < -0.4 is 18.9 Å². The van der Waals surface area contributed by atoms with Crippen LogP contribution in [-0.2, 0) is 46.1 Å². The maximum Gasteiger partial charge on any atom is 0.341 e. The number of methoxy groups -OCH3 is 2. The van der Waals surface area contributed by atoms with E-state index in [0.29, 0.717) is 48.7 Å². The van der Waals surface area contributed by atoms with Crippen LogP contribution in [0, 0.1) is 0 Å². The zero-order valence-corrected chi connectivity index (χ0v) is 30.4. The molecule has 1 aliphatic rings. The predicted molar refractivity (Wildman–Crippen MR) is 194 cm³/mol. The van der Waals surface area contributed by atoms with Crippen molar-refractivity contribution in [3.63, 3.8) is 0 Å². The molecular formula is C42H48O8. The average molecular weight is 681 g/mol. The summed E-state index contributed by atoms with van der Waals surface area (Å²) < 4.78 is 24.5. The number of carboxylic acids is 2. The van der Waals surface area contributed by atoms with E-state index in [0.717, 1.165) is 55.6 Å². The fourth-order valence-corrected chi connectivity index (χ4v) is 6.72. The maximum absolute atomic E-state index is 11.8. The first-order valence-electron chi connectivity index (χ1n) is 16.9. The summed E-state index contributed by atoms with van der Waals surface area (Å²) in [6.07, 6.45) is 1.71. The van der Waals surface area contributed by atoms with Gasteiger partial charge in [-0.15, -0.1) is 0 Å². The summed E-state index contributed by atoms with van der Waals surface area (Å²) in [7, 11) is 3.30. The van der Waals surface area contributed by atoms with E-state index in [2.05, 4.69) is 65.8 Å². The van der Waals surface area contributed by atoms with E-state index in [9.17, 15) is 19.8 Å². The number of hydrogen-bond acceptors (Lipinski definition) is 6. The maximum atomic E-state index is 11.8. The molecule has 0 fully saturated rings. The Labute approximate surface area is 295 Å². The van der Waals surface area contributed by atoms with Crippen molar-refractivity contribution in [2.75, 3.05) is 27.4 Å². The van der Waals surface area contributed by atoms with E-state index < -0.39 is 25.2 Å². The van der Waals surface area contributed by atoms with Crippen LogP contribution in [0.4, 0.5) is 0 Å². The van der Waals surface area contributed by atoms with Gasteiger partial charge in [0.2, 0.25) is 0 Å². The number of rotatable bonds is 8.